The maximum Gasteiger partial charge on any atom is 0.227 e. The third-order valence-electron chi connectivity index (χ3n) is 5.41. The van der Waals surface area contributed by atoms with Crippen molar-refractivity contribution in [3.63, 3.8) is 0 Å². The predicted octanol–water partition coefficient (Wildman–Crippen LogP) is 2.85. The molecule has 1 unspecified atom stereocenters. The number of rotatable bonds is 4. The van der Waals surface area contributed by atoms with Crippen LogP contribution >= 0.6 is 0 Å². The van der Waals surface area contributed by atoms with Crippen molar-refractivity contribution in [3.8, 4) is 0 Å². The number of nitrogens with one attached hydrogen (secondary N) is 1. The minimum Gasteiger partial charge on any atom is -0.381 e. The van der Waals surface area contributed by atoms with E-state index in [9.17, 15) is 9.59 Å². The number of benzene rings is 1. The van der Waals surface area contributed by atoms with Gasteiger partial charge in [-0.1, -0.05) is 18.2 Å². The number of amides is 2. The average Bonchev–Trinajstić information content (AvgIpc) is 2.64. The Morgan fingerprint density at radius 1 is 1.16 bits per heavy atom. The van der Waals surface area contributed by atoms with E-state index in [0.29, 0.717) is 18.3 Å². The highest BCUT2D eigenvalue weighted by molar-refractivity contribution is 5.91. The number of piperidine rings is 1. The Morgan fingerprint density at radius 3 is 2.68 bits per heavy atom. The molecule has 0 aromatic heterocycles. The number of carbonyl (C=O) groups is 2. The third-order valence-corrected chi connectivity index (χ3v) is 5.41. The van der Waals surface area contributed by atoms with E-state index in [-0.39, 0.29) is 11.8 Å². The topological polar surface area (TPSA) is 58.6 Å². The lowest BCUT2D eigenvalue weighted by atomic mass is 9.81. The SMILES string of the molecule is CC(=O)Nc1ccccc1CC(=O)N1CCCC(C2CCOCC2)C1. The fourth-order valence-electron chi connectivity index (χ4n) is 4.07. The largest absolute Gasteiger partial charge is 0.381 e. The van der Waals surface area contributed by atoms with Gasteiger partial charge in [-0.2, -0.15) is 0 Å². The van der Waals surface area contributed by atoms with Crippen molar-refractivity contribution in [1.82, 2.24) is 4.90 Å². The molecule has 1 N–H and O–H groups in total. The average molecular weight is 344 g/mol. The van der Waals surface area contributed by atoms with Crippen LogP contribution in [0.5, 0.6) is 0 Å². The van der Waals surface area contributed by atoms with Crippen LogP contribution in [-0.4, -0.2) is 43.0 Å². The molecule has 5 heteroatoms. The minimum absolute atomic E-state index is 0.113. The molecule has 2 aliphatic heterocycles. The Labute approximate surface area is 149 Å². The summed E-state index contributed by atoms with van der Waals surface area (Å²) in [5.74, 6) is 1.34. The summed E-state index contributed by atoms with van der Waals surface area (Å²) in [5.41, 5.74) is 1.62. The smallest absolute Gasteiger partial charge is 0.227 e. The van der Waals surface area contributed by atoms with Crippen LogP contribution in [0.1, 0.15) is 38.2 Å². The first-order valence-corrected chi connectivity index (χ1v) is 9.34. The number of nitrogens with zero attached hydrogens (tertiary/aromatic N) is 1. The molecular weight excluding hydrogens is 316 g/mol. The van der Waals surface area contributed by atoms with Gasteiger partial charge in [0.1, 0.15) is 0 Å². The first-order chi connectivity index (χ1) is 12.1. The summed E-state index contributed by atoms with van der Waals surface area (Å²) in [6.45, 7) is 4.92. The lowest BCUT2D eigenvalue weighted by Gasteiger charge is -2.38. The molecule has 1 aromatic rings. The van der Waals surface area contributed by atoms with Gasteiger partial charge in [0, 0.05) is 38.9 Å². The van der Waals surface area contributed by atoms with E-state index in [1.807, 2.05) is 29.2 Å². The van der Waals surface area contributed by atoms with Crippen molar-refractivity contribution in [2.24, 2.45) is 11.8 Å². The van der Waals surface area contributed by atoms with Crippen LogP contribution in [0.25, 0.3) is 0 Å². The van der Waals surface area contributed by atoms with Gasteiger partial charge < -0.3 is 15.0 Å². The number of ether oxygens (including phenoxy) is 1. The number of likely N-dealkylation sites (tertiary alicyclic amines) is 1. The molecule has 1 aromatic carbocycles. The van der Waals surface area contributed by atoms with Crippen molar-refractivity contribution in [2.45, 2.75) is 39.0 Å². The highest BCUT2D eigenvalue weighted by atomic mass is 16.5. The molecule has 2 saturated heterocycles. The molecule has 0 saturated carbocycles. The Bertz CT molecular complexity index is 611. The zero-order valence-electron chi connectivity index (χ0n) is 15.0. The normalized spacial score (nSPS) is 21.8. The molecule has 0 aliphatic carbocycles. The van der Waals surface area contributed by atoms with Gasteiger partial charge in [0.25, 0.3) is 0 Å². The molecule has 0 bridgehead atoms. The zero-order chi connectivity index (χ0) is 17.6. The third kappa shape index (κ3) is 4.82. The van der Waals surface area contributed by atoms with E-state index in [0.717, 1.165) is 56.8 Å². The lowest BCUT2D eigenvalue weighted by Crippen LogP contribution is -2.43. The van der Waals surface area contributed by atoms with Gasteiger partial charge in [-0.25, -0.2) is 0 Å². The minimum atomic E-state index is -0.113. The summed E-state index contributed by atoms with van der Waals surface area (Å²) in [5, 5.41) is 2.82. The Morgan fingerprint density at radius 2 is 1.92 bits per heavy atom. The van der Waals surface area contributed by atoms with E-state index in [1.165, 1.54) is 13.3 Å². The fourth-order valence-corrected chi connectivity index (χ4v) is 4.07. The summed E-state index contributed by atoms with van der Waals surface area (Å²) in [6.07, 6.45) is 4.89. The molecule has 2 aliphatic rings. The second-order valence-electron chi connectivity index (χ2n) is 7.21. The molecule has 1 atom stereocenters. The van der Waals surface area contributed by atoms with Crippen molar-refractivity contribution in [3.05, 3.63) is 29.8 Å². The van der Waals surface area contributed by atoms with Crippen molar-refractivity contribution in [1.29, 1.82) is 0 Å². The second kappa shape index (κ2) is 8.48. The maximum absolute atomic E-state index is 12.8. The zero-order valence-corrected chi connectivity index (χ0v) is 15.0. The van der Waals surface area contributed by atoms with Crippen molar-refractivity contribution < 1.29 is 14.3 Å². The van der Waals surface area contributed by atoms with Crippen LogP contribution in [0.4, 0.5) is 5.69 Å². The first kappa shape index (κ1) is 17.9. The van der Waals surface area contributed by atoms with Crippen molar-refractivity contribution >= 4 is 17.5 Å². The standard InChI is InChI=1S/C20H28N2O3/c1-15(23)21-19-7-3-2-5-17(19)13-20(24)22-10-4-6-18(14-22)16-8-11-25-12-9-16/h2-3,5,7,16,18H,4,6,8-14H2,1H3,(H,21,23). The Balaban J connectivity index is 1.62. The number of anilines is 1. The molecule has 5 nitrogen and oxygen atoms in total. The molecular formula is C20H28N2O3. The van der Waals surface area contributed by atoms with E-state index in [4.69, 9.17) is 4.74 Å². The van der Waals surface area contributed by atoms with Crippen LogP contribution in [0, 0.1) is 11.8 Å². The lowest BCUT2D eigenvalue weighted by molar-refractivity contribution is -0.133. The Kier molecular flexibility index (Phi) is 6.08. The van der Waals surface area contributed by atoms with Gasteiger partial charge in [-0.15, -0.1) is 0 Å². The molecule has 0 radical (unpaired) electrons. The van der Waals surface area contributed by atoms with E-state index in [1.54, 1.807) is 0 Å². The Hall–Kier alpha value is -1.88. The fraction of sp³-hybridized carbons (Fsp3) is 0.600. The van der Waals surface area contributed by atoms with E-state index >= 15 is 0 Å². The van der Waals surface area contributed by atoms with Gasteiger partial charge in [0.15, 0.2) is 0 Å². The molecule has 2 heterocycles. The number of carbonyl (C=O) groups excluding carboxylic acids is 2. The molecule has 2 fully saturated rings. The van der Waals surface area contributed by atoms with E-state index in [2.05, 4.69) is 5.32 Å². The van der Waals surface area contributed by atoms with Gasteiger partial charge in [-0.05, 0) is 49.1 Å². The van der Waals surface area contributed by atoms with Gasteiger partial charge in [0.05, 0.1) is 6.42 Å². The predicted molar refractivity (Wildman–Crippen MR) is 97.3 cm³/mol. The van der Waals surface area contributed by atoms with Crippen LogP contribution in [0.3, 0.4) is 0 Å². The molecule has 2 amide bonds. The number of para-hydroxylation sites is 1. The van der Waals surface area contributed by atoms with Gasteiger partial charge >= 0.3 is 0 Å². The summed E-state index contributed by atoms with van der Waals surface area (Å²) in [7, 11) is 0. The van der Waals surface area contributed by atoms with Crippen LogP contribution < -0.4 is 5.32 Å². The summed E-state index contributed by atoms with van der Waals surface area (Å²) in [6, 6.07) is 7.56. The van der Waals surface area contributed by atoms with Crippen molar-refractivity contribution in [2.75, 3.05) is 31.6 Å². The second-order valence-corrected chi connectivity index (χ2v) is 7.21. The highest BCUT2D eigenvalue weighted by Gasteiger charge is 2.30. The number of hydrogen-bond acceptors (Lipinski definition) is 3. The first-order valence-electron chi connectivity index (χ1n) is 9.34. The molecule has 136 valence electrons. The molecule has 3 rings (SSSR count). The summed E-state index contributed by atoms with van der Waals surface area (Å²) < 4.78 is 5.47. The molecule has 25 heavy (non-hydrogen) atoms. The highest BCUT2D eigenvalue weighted by Crippen LogP contribution is 2.31. The summed E-state index contributed by atoms with van der Waals surface area (Å²) in [4.78, 5) is 26.2. The quantitative estimate of drug-likeness (QED) is 0.914. The maximum atomic E-state index is 12.8. The summed E-state index contributed by atoms with van der Waals surface area (Å²) >= 11 is 0. The van der Waals surface area contributed by atoms with Gasteiger partial charge in [-0.3, -0.25) is 9.59 Å². The number of hydrogen-bond donors (Lipinski definition) is 1. The van der Waals surface area contributed by atoms with Crippen LogP contribution in [-0.2, 0) is 20.7 Å². The monoisotopic (exact) mass is 344 g/mol. The van der Waals surface area contributed by atoms with E-state index < -0.39 is 0 Å². The van der Waals surface area contributed by atoms with Gasteiger partial charge in [0.2, 0.25) is 11.8 Å². The molecule has 0 spiro atoms. The van der Waals surface area contributed by atoms with Crippen LogP contribution in [0.15, 0.2) is 24.3 Å². The van der Waals surface area contributed by atoms with Crippen LogP contribution in [0.2, 0.25) is 0 Å².